The Balaban J connectivity index is 0.00000561. The van der Waals surface area contributed by atoms with E-state index in [-0.39, 0.29) is 42.1 Å². The van der Waals surface area contributed by atoms with Crippen LogP contribution in [0.25, 0.3) is 22.5 Å². The Labute approximate surface area is 324 Å². The summed E-state index contributed by atoms with van der Waals surface area (Å²) in [5.41, 5.74) is 11.9. The SMILES string of the molecule is CCN(C)C1CCC(NC(=O)c2ccc(-c3ccc(C[C@H](NC(=O)C4CCC(CN)CC4)C(=O)Nc4ccc(-c5nn[nH]n5)cc4)cc3)c(C)c2)CC1.Cl. The summed E-state index contributed by atoms with van der Waals surface area (Å²) in [6.07, 6.45) is 7.92. The van der Waals surface area contributed by atoms with Crippen molar-refractivity contribution in [1.29, 1.82) is 0 Å². The fourth-order valence-corrected chi connectivity index (χ4v) is 7.75. The number of aromatic amines is 1. The van der Waals surface area contributed by atoms with Gasteiger partial charge in [0.1, 0.15) is 6.04 Å². The van der Waals surface area contributed by atoms with E-state index in [4.69, 9.17) is 5.73 Å². The van der Waals surface area contributed by atoms with E-state index in [1.165, 1.54) is 0 Å². The molecule has 0 unspecified atom stereocenters. The third-order valence-electron chi connectivity index (χ3n) is 11.3. The van der Waals surface area contributed by atoms with Gasteiger partial charge in [0.2, 0.25) is 17.6 Å². The summed E-state index contributed by atoms with van der Waals surface area (Å²) in [7, 11) is 2.18. The quantitative estimate of drug-likeness (QED) is 0.116. The van der Waals surface area contributed by atoms with Crippen molar-refractivity contribution in [1.82, 2.24) is 36.2 Å². The Morgan fingerprint density at radius 1 is 0.907 bits per heavy atom. The lowest BCUT2D eigenvalue weighted by Gasteiger charge is -2.34. The Kier molecular flexibility index (Phi) is 14.3. The maximum absolute atomic E-state index is 13.7. The second-order valence-corrected chi connectivity index (χ2v) is 14.8. The highest BCUT2D eigenvalue weighted by atomic mass is 35.5. The van der Waals surface area contributed by atoms with Crippen molar-refractivity contribution in [2.24, 2.45) is 17.6 Å². The number of halogens is 1. The third-order valence-corrected chi connectivity index (χ3v) is 11.3. The van der Waals surface area contributed by atoms with Crippen molar-refractivity contribution in [3.8, 4) is 22.5 Å². The molecular weight excluding hydrogens is 702 g/mol. The third kappa shape index (κ3) is 10.3. The largest absolute Gasteiger partial charge is 0.349 e. The lowest BCUT2D eigenvalue weighted by molar-refractivity contribution is -0.130. The Morgan fingerprint density at radius 3 is 2.20 bits per heavy atom. The van der Waals surface area contributed by atoms with Gasteiger partial charge in [-0.1, -0.05) is 37.3 Å². The molecule has 2 aliphatic carbocycles. The fourth-order valence-electron chi connectivity index (χ4n) is 7.75. The number of nitrogens with zero attached hydrogens (tertiary/aromatic N) is 4. The highest BCUT2D eigenvalue weighted by Gasteiger charge is 2.30. The van der Waals surface area contributed by atoms with Crippen LogP contribution in [0.5, 0.6) is 0 Å². The van der Waals surface area contributed by atoms with Gasteiger partial charge in [-0.05, 0) is 148 Å². The topological polar surface area (TPSA) is 171 Å². The summed E-state index contributed by atoms with van der Waals surface area (Å²) in [5.74, 6) is 0.357. The first-order valence-corrected chi connectivity index (χ1v) is 19.1. The molecular formula is C41H54ClN9O3. The van der Waals surface area contributed by atoms with Crippen LogP contribution in [0.2, 0.25) is 0 Å². The molecule has 1 atom stereocenters. The van der Waals surface area contributed by atoms with Gasteiger partial charge in [-0.3, -0.25) is 14.4 Å². The van der Waals surface area contributed by atoms with Crippen LogP contribution in [-0.4, -0.2) is 81.5 Å². The summed E-state index contributed by atoms with van der Waals surface area (Å²) in [6, 6.07) is 21.1. The van der Waals surface area contributed by atoms with Crippen LogP contribution in [0.3, 0.4) is 0 Å². The second kappa shape index (κ2) is 19.1. The van der Waals surface area contributed by atoms with E-state index in [0.29, 0.717) is 42.0 Å². The number of carbonyl (C=O) groups excluding carboxylic acids is 3. The number of hydrogen-bond donors (Lipinski definition) is 5. The second-order valence-electron chi connectivity index (χ2n) is 14.8. The first-order chi connectivity index (χ1) is 25.7. The highest BCUT2D eigenvalue weighted by molar-refractivity contribution is 5.98. The molecule has 1 heterocycles. The lowest BCUT2D eigenvalue weighted by atomic mass is 9.81. The smallest absolute Gasteiger partial charge is 0.251 e. The number of carbonyl (C=O) groups is 3. The molecule has 2 fully saturated rings. The molecule has 0 radical (unpaired) electrons. The Morgan fingerprint density at radius 2 is 1.59 bits per heavy atom. The molecule has 3 amide bonds. The monoisotopic (exact) mass is 755 g/mol. The van der Waals surface area contributed by atoms with Crippen LogP contribution in [0.15, 0.2) is 66.7 Å². The number of nitrogens with one attached hydrogen (secondary N) is 4. The molecule has 13 heteroatoms. The van der Waals surface area contributed by atoms with Gasteiger partial charge in [-0.2, -0.15) is 5.21 Å². The van der Waals surface area contributed by atoms with Crippen LogP contribution >= 0.6 is 12.4 Å². The number of tetrazole rings is 1. The van der Waals surface area contributed by atoms with Gasteiger partial charge in [0.25, 0.3) is 5.91 Å². The maximum Gasteiger partial charge on any atom is 0.251 e. The summed E-state index contributed by atoms with van der Waals surface area (Å²) >= 11 is 0. The Hall–Kier alpha value is -4.65. The number of anilines is 1. The summed E-state index contributed by atoms with van der Waals surface area (Å²) in [4.78, 5) is 42.8. The molecule has 2 aliphatic rings. The minimum absolute atomic E-state index is 0. The molecule has 3 aromatic carbocycles. The molecule has 2 saturated carbocycles. The fraction of sp³-hybridized carbons (Fsp3) is 0.463. The number of hydrogen-bond acceptors (Lipinski definition) is 8. The van der Waals surface area contributed by atoms with Gasteiger partial charge in [0.15, 0.2) is 0 Å². The normalized spacial score (nSPS) is 20.4. The molecule has 4 aromatic rings. The highest BCUT2D eigenvalue weighted by Crippen LogP contribution is 2.29. The van der Waals surface area contributed by atoms with Gasteiger partial charge in [0.05, 0.1) is 0 Å². The van der Waals surface area contributed by atoms with Gasteiger partial charge in [0, 0.05) is 41.2 Å². The van der Waals surface area contributed by atoms with Gasteiger partial charge in [-0.15, -0.1) is 22.6 Å². The minimum atomic E-state index is -0.778. The van der Waals surface area contributed by atoms with Crippen LogP contribution in [0.1, 0.15) is 79.8 Å². The van der Waals surface area contributed by atoms with Crippen LogP contribution in [0.4, 0.5) is 5.69 Å². The molecule has 0 aliphatic heterocycles. The zero-order valence-corrected chi connectivity index (χ0v) is 32.3. The van der Waals surface area contributed by atoms with Gasteiger partial charge in [-0.25, -0.2) is 0 Å². The van der Waals surface area contributed by atoms with E-state index in [1.807, 2.05) is 61.5 Å². The molecule has 0 saturated heterocycles. The van der Waals surface area contributed by atoms with E-state index in [9.17, 15) is 14.4 Å². The average molecular weight is 756 g/mol. The number of nitrogens with two attached hydrogens (primary N) is 1. The van der Waals surface area contributed by atoms with Crippen molar-refractivity contribution in [2.45, 2.75) is 89.8 Å². The number of benzene rings is 3. The average Bonchev–Trinajstić information content (AvgIpc) is 3.73. The van der Waals surface area contributed by atoms with E-state index >= 15 is 0 Å². The number of amides is 3. The first kappa shape index (κ1) is 40.5. The summed E-state index contributed by atoms with van der Waals surface area (Å²) in [6.45, 7) is 5.89. The van der Waals surface area contributed by atoms with Crippen molar-refractivity contribution < 1.29 is 14.4 Å². The standard InChI is InChI=1S/C41H53N9O3.ClH/c1-4-50(3)35-20-18-34(19-21-35)43-40(52)32-15-22-36(26(2)23-32)29-9-5-27(6-10-29)24-37(45-39(51)31-11-7-28(25-42)8-12-31)41(53)44-33-16-13-30(14-17-33)38-46-48-49-47-38;/h5-6,9-10,13-17,22-23,28,31,34-35,37H,4,7-8,11-12,18-21,24-25,42H2,1-3H3,(H,43,52)(H,44,53)(H,45,51)(H,46,47,48,49);1H/t28?,31?,34?,35?,37-;/m0./s1. The summed E-state index contributed by atoms with van der Waals surface area (Å²) < 4.78 is 0. The predicted octanol–water partition coefficient (Wildman–Crippen LogP) is 5.69. The van der Waals surface area contributed by atoms with Crippen molar-refractivity contribution in [3.63, 3.8) is 0 Å². The lowest BCUT2D eigenvalue weighted by Crippen LogP contribution is -2.48. The molecule has 0 bridgehead atoms. The van der Waals surface area contributed by atoms with E-state index in [0.717, 1.165) is 85.7 Å². The molecule has 54 heavy (non-hydrogen) atoms. The Bertz CT molecular complexity index is 1820. The number of aromatic nitrogens is 4. The zero-order valence-electron chi connectivity index (χ0n) is 31.5. The zero-order chi connectivity index (χ0) is 37.3. The summed E-state index contributed by atoms with van der Waals surface area (Å²) in [5, 5.41) is 23.4. The molecule has 6 rings (SSSR count). The van der Waals surface area contributed by atoms with Crippen LogP contribution < -0.4 is 21.7 Å². The minimum Gasteiger partial charge on any atom is -0.349 e. The molecule has 0 spiro atoms. The predicted molar refractivity (Wildman–Crippen MR) is 214 cm³/mol. The first-order valence-electron chi connectivity index (χ1n) is 19.1. The maximum atomic E-state index is 13.7. The van der Waals surface area contributed by atoms with E-state index in [1.54, 1.807) is 12.1 Å². The number of rotatable bonds is 13. The number of aryl methyl sites for hydroxylation is 1. The molecule has 1 aromatic heterocycles. The van der Waals surface area contributed by atoms with E-state index in [2.05, 4.69) is 55.4 Å². The van der Waals surface area contributed by atoms with Crippen molar-refractivity contribution in [2.75, 3.05) is 25.5 Å². The van der Waals surface area contributed by atoms with Crippen LogP contribution in [-0.2, 0) is 16.0 Å². The molecule has 6 N–H and O–H groups in total. The van der Waals surface area contributed by atoms with Crippen molar-refractivity contribution in [3.05, 3.63) is 83.4 Å². The van der Waals surface area contributed by atoms with Gasteiger partial charge >= 0.3 is 0 Å². The van der Waals surface area contributed by atoms with Gasteiger partial charge < -0.3 is 26.6 Å². The molecule has 12 nitrogen and oxygen atoms in total. The van der Waals surface area contributed by atoms with Crippen molar-refractivity contribution >= 4 is 35.8 Å². The van der Waals surface area contributed by atoms with Crippen LogP contribution in [0, 0.1) is 18.8 Å². The number of H-pyrrole nitrogens is 1. The molecule has 288 valence electrons. The van der Waals surface area contributed by atoms with E-state index < -0.39 is 6.04 Å².